The lowest BCUT2D eigenvalue weighted by Gasteiger charge is -2.27. The number of nitrogens with zero attached hydrogens (tertiary/aromatic N) is 1. The van der Waals surface area contributed by atoms with Crippen molar-refractivity contribution < 1.29 is 19.0 Å². The second kappa shape index (κ2) is 5.99. The number of aromatic hydroxyl groups is 1. The molecule has 1 aromatic carbocycles. The number of hydrogen-bond donors (Lipinski definition) is 2. The van der Waals surface area contributed by atoms with Gasteiger partial charge in [0.25, 0.3) is 0 Å². The number of nitrogens with one attached hydrogen (secondary N) is 1. The predicted octanol–water partition coefficient (Wildman–Crippen LogP) is 0.723. The predicted molar refractivity (Wildman–Crippen MR) is 67.6 cm³/mol. The summed E-state index contributed by atoms with van der Waals surface area (Å²) in [6.45, 7) is 4.07. The zero-order valence-corrected chi connectivity index (χ0v) is 10.8. The first kappa shape index (κ1) is 13.8. The topological polar surface area (TPSA) is 61.8 Å². The molecule has 19 heavy (non-hydrogen) atoms. The molecule has 0 bridgehead atoms. The maximum absolute atomic E-state index is 13.6. The minimum atomic E-state index is -0.798. The van der Waals surface area contributed by atoms with Crippen LogP contribution < -0.4 is 5.32 Å². The molecule has 6 heteroatoms. The average molecular weight is 268 g/mol. The first-order valence-electron chi connectivity index (χ1n) is 6.14. The Hall–Kier alpha value is -1.66. The van der Waals surface area contributed by atoms with Gasteiger partial charge in [-0.15, -0.1) is 0 Å². The van der Waals surface area contributed by atoms with Crippen molar-refractivity contribution in [1.82, 2.24) is 10.2 Å². The summed E-state index contributed by atoms with van der Waals surface area (Å²) < 4.78 is 18.1. The van der Waals surface area contributed by atoms with Crippen LogP contribution in [0.1, 0.15) is 15.9 Å². The summed E-state index contributed by atoms with van der Waals surface area (Å²) >= 11 is 0. The third kappa shape index (κ3) is 3.21. The maximum Gasteiger partial charge on any atom is 0.341 e. The number of esters is 1. The van der Waals surface area contributed by atoms with E-state index in [1.165, 1.54) is 19.2 Å². The van der Waals surface area contributed by atoms with Crippen molar-refractivity contribution in [3.05, 3.63) is 29.1 Å². The summed E-state index contributed by atoms with van der Waals surface area (Å²) in [5, 5.41) is 12.8. The Bertz CT molecular complexity index is 473. The molecular weight excluding hydrogens is 251 g/mol. The van der Waals surface area contributed by atoms with Gasteiger partial charge in [-0.2, -0.15) is 0 Å². The molecule has 2 N–H and O–H groups in total. The molecule has 0 unspecified atom stereocenters. The summed E-state index contributed by atoms with van der Waals surface area (Å²) in [5.41, 5.74) is 0.519. The molecule has 104 valence electrons. The normalized spacial score (nSPS) is 16.3. The van der Waals surface area contributed by atoms with Crippen molar-refractivity contribution in [3.8, 4) is 5.75 Å². The molecule has 1 aliphatic heterocycles. The van der Waals surface area contributed by atoms with E-state index in [0.29, 0.717) is 12.1 Å². The minimum Gasteiger partial charge on any atom is -0.504 e. The standard InChI is InChI=1S/C13H17FN2O3/c1-19-13(18)10-6-9(7-11(14)12(10)17)8-16-4-2-15-3-5-16/h6-7,15,17H,2-5,8H2,1H3. The molecule has 0 aromatic heterocycles. The van der Waals surface area contributed by atoms with E-state index in [1.807, 2.05) is 0 Å². The highest BCUT2D eigenvalue weighted by molar-refractivity contribution is 5.92. The zero-order chi connectivity index (χ0) is 13.8. The largest absolute Gasteiger partial charge is 0.504 e. The minimum absolute atomic E-state index is 0.132. The summed E-state index contributed by atoms with van der Waals surface area (Å²) in [7, 11) is 1.20. The van der Waals surface area contributed by atoms with Crippen molar-refractivity contribution in [2.75, 3.05) is 33.3 Å². The third-order valence-corrected chi connectivity index (χ3v) is 3.14. The number of halogens is 1. The van der Waals surface area contributed by atoms with Crippen LogP contribution in [0.2, 0.25) is 0 Å². The number of piperazine rings is 1. The third-order valence-electron chi connectivity index (χ3n) is 3.14. The van der Waals surface area contributed by atoms with Gasteiger partial charge < -0.3 is 15.2 Å². The fraction of sp³-hybridized carbons (Fsp3) is 0.462. The van der Waals surface area contributed by atoms with Gasteiger partial charge >= 0.3 is 5.97 Å². The lowest BCUT2D eigenvalue weighted by molar-refractivity contribution is 0.0596. The van der Waals surface area contributed by atoms with Gasteiger partial charge in [-0.25, -0.2) is 9.18 Å². The molecule has 0 radical (unpaired) electrons. The number of carbonyl (C=O) groups is 1. The van der Waals surface area contributed by atoms with Gasteiger partial charge in [-0.05, 0) is 17.7 Å². The number of ether oxygens (including phenoxy) is 1. The van der Waals surface area contributed by atoms with E-state index in [9.17, 15) is 14.3 Å². The molecule has 1 aromatic rings. The van der Waals surface area contributed by atoms with Crippen LogP contribution in [0.3, 0.4) is 0 Å². The first-order valence-corrected chi connectivity index (χ1v) is 6.14. The van der Waals surface area contributed by atoms with Crippen molar-refractivity contribution in [2.45, 2.75) is 6.54 Å². The summed E-state index contributed by atoms with van der Waals surface area (Å²) in [4.78, 5) is 13.6. The molecule has 5 nitrogen and oxygen atoms in total. The number of phenols is 1. The highest BCUT2D eigenvalue weighted by Crippen LogP contribution is 2.24. The summed E-state index contributed by atoms with van der Waals surface area (Å²) in [6, 6.07) is 2.73. The van der Waals surface area contributed by atoms with Crippen LogP contribution in [-0.2, 0) is 11.3 Å². The maximum atomic E-state index is 13.6. The summed E-state index contributed by atoms with van der Waals surface area (Å²) in [5.74, 6) is -2.19. The van der Waals surface area contributed by atoms with Crippen LogP contribution in [0.25, 0.3) is 0 Å². The van der Waals surface area contributed by atoms with E-state index in [1.54, 1.807) is 0 Å². The number of rotatable bonds is 3. The van der Waals surface area contributed by atoms with Crippen molar-refractivity contribution in [3.63, 3.8) is 0 Å². The summed E-state index contributed by atoms with van der Waals surface area (Å²) in [6.07, 6.45) is 0. The van der Waals surface area contributed by atoms with Crippen LogP contribution in [0.15, 0.2) is 12.1 Å². The van der Waals surface area contributed by atoms with Gasteiger partial charge in [0.15, 0.2) is 11.6 Å². The molecule has 1 fully saturated rings. The number of benzene rings is 1. The van der Waals surface area contributed by atoms with E-state index in [0.717, 1.165) is 26.2 Å². The van der Waals surface area contributed by atoms with E-state index in [-0.39, 0.29) is 5.56 Å². The highest BCUT2D eigenvalue weighted by Gasteiger charge is 2.18. The van der Waals surface area contributed by atoms with Gasteiger partial charge in [0.05, 0.1) is 7.11 Å². The van der Waals surface area contributed by atoms with Gasteiger partial charge in [0.1, 0.15) is 5.56 Å². The Morgan fingerprint density at radius 1 is 1.47 bits per heavy atom. The van der Waals surface area contributed by atoms with Crippen LogP contribution in [-0.4, -0.2) is 49.3 Å². The smallest absolute Gasteiger partial charge is 0.341 e. The van der Waals surface area contributed by atoms with Gasteiger partial charge in [0.2, 0.25) is 0 Å². The Kier molecular flexibility index (Phi) is 4.34. The van der Waals surface area contributed by atoms with Crippen molar-refractivity contribution >= 4 is 5.97 Å². The Morgan fingerprint density at radius 2 is 2.16 bits per heavy atom. The molecule has 1 saturated heterocycles. The second-order valence-corrected chi connectivity index (χ2v) is 4.49. The van der Waals surface area contributed by atoms with Crippen molar-refractivity contribution in [2.24, 2.45) is 0 Å². The van der Waals surface area contributed by atoms with E-state index < -0.39 is 17.5 Å². The van der Waals surface area contributed by atoms with Crippen LogP contribution in [0.4, 0.5) is 4.39 Å². The molecular formula is C13H17FN2O3. The highest BCUT2D eigenvalue weighted by atomic mass is 19.1. The molecule has 0 atom stereocenters. The fourth-order valence-corrected chi connectivity index (χ4v) is 2.14. The van der Waals surface area contributed by atoms with Gasteiger partial charge in [0, 0.05) is 32.7 Å². The van der Waals surface area contributed by atoms with Crippen LogP contribution in [0, 0.1) is 5.82 Å². The molecule has 2 rings (SSSR count). The Balaban J connectivity index is 2.20. The van der Waals surface area contributed by atoms with E-state index in [4.69, 9.17) is 0 Å². The number of carbonyl (C=O) groups excluding carboxylic acids is 1. The quantitative estimate of drug-likeness (QED) is 0.791. The monoisotopic (exact) mass is 268 g/mol. The molecule has 0 aliphatic carbocycles. The fourth-order valence-electron chi connectivity index (χ4n) is 2.14. The second-order valence-electron chi connectivity index (χ2n) is 4.49. The molecule has 1 aliphatic rings. The Morgan fingerprint density at radius 3 is 2.79 bits per heavy atom. The number of methoxy groups -OCH3 is 1. The number of hydrogen-bond acceptors (Lipinski definition) is 5. The van der Waals surface area contributed by atoms with E-state index >= 15 is 0 Å². The van der Waals surface area contributed by atoms with Crippen molar-refractivity contribution in [1.29, 1.82) is 0 Å². The molecule has 1 heterocycles. The Labute approximate surface area is 111 Å². The van der Waals surface area contributed by atoms with Crippen LogP contribution >= 0.6 is 0 Å². The van der Waals surface area contributed by atoms with E-state index in [2.05, 4.69) is 15.0 Å². The first-order chi connectivity index (χ1) is 9.11. The average Bonchev–Trinajstić information content (AvgIpc) is 2.43. The molecule has 0 amide bonds. The molecule has 0 saturated carbocycles. The number of phenolic OH excluding ortho intramolecular Hbond substituents is 1. The van der Waals surface area contributed by atoms with Gasteiger partial charge in [-0.3, -0.25) is 4.90 Å². The lowest BCUT2D eigenvalue weighted by Crippen LogP contribution is -2.42. The van der Waals surface area contributed by atoms with Crippen LogP contribution in [0.5, 0.6) is 5.75 Å². The van der Waals surface area contributed by atoms with Gasteiger partial charge in [-0.1, -0.05) is 0 Å². The lowest BCUT2D eigenvalue weighted by atomic mass is 10.1. The SMILES string of the molecule is COC(=O)c1cc(CN2CCNCC2)cc(F)c1O. The zero-order valence-electron chi connectivity index (χ0n) is 10.8. The molecule has 0 spiro atoms.